The molecule has 0 fully saturated rings. The number of benzene rings is 2. The van der Waals surface area contributed by atoms with Crippen LogP contribution < -0.4 is 4.74 Å². The highest BCUT2D eigenvalue weighted by molar-refractivity contribution is 9.10. The van der Waals surface area contributed by atoms with E-state index in [1.54, 1.807) is 23.1 Å². The minimum atomic E-state index is -0.0804. The summed E-state index contributed by atoms with van der Waals surface area (Å²) in [6, 6.07) is 15.3. The summed E-state index contributed by atoms with van der Waals surface area (Å²) < 4.78 is 6.34. The predicted molar refractivity (Wildman–Crippen MR) is 101 cm³/mol. The Kier molecular flexibility index (Phi) is 5.66. The molecule has 0 radical (unpaired) electrons. The molecule has 1 amide bonds. The maximum Gasteiger partial charge on any atom is 0.260 e. The molecule has 25 heavy (non-hydrogen) atoms. The topological polar surface area (TPSA) is 46.6 Å². The zero-order valence-electron chi connectivity index (χ0n) is 13.7. The lowest BCUT2D eigenvalue weighted by Crippen LogP contribution is -2.37. The first kappa shape index (κ1) is 17.4. The van der Waals surface area contributed by atoms with Gasteiger partial charge in [0, 0.05) is 17.6 Å². The number of amides is 1. The Morgan fingerprint density at radius 3 is 2.68 bits per heavy atom. The second kappa shape index (κ2) is 8.12. The number of rotatable bonds is 5. The summed E-state index contributed by atoms with van der Waals surface area (Å²) in [5, 5.41) is 0. The standard InChI is InChI=1S/C20H18BrNO3/c21-18-6-7-19(17(12-18)13-23)25-14-20(24)22-10-8-16(9-11-22)15-4-2-1-3-5-15/h1-8,12-13H,9-11,14H2. The number of carbonyl (C=O) groups excluding carboxylic acids is 2. The lowest BCUT2D eigenvalue weighted by molar-refractivity contribution is -0.132. The third-order valence-corrected chi connectivity index (χ3v) is 4.65. The van der Waals surface area contributed by atoms with Crippen LogP contribution in [0.5, 0.6) is 5.75 Å². The molecule has 5 heteroatoms. The van der Waals surface area contributed by atoms with Crippen LogP contribution in [0.3, 0.4) is 0 Å². The Labute approximate surface area is 155 Å². The molecule has 3 rings (SSSR count). The summed E-state index contributed by atoms with van der Waals surface area (Å²) in [5.41, 5.74) is 2.89. The van der Waals surface area contributed by atoms with Crippen LogP contribution in [0.25, 0.3) is 5.57 Å². The minimum Gasteiger partial charge on any atom is -0.483 e. The fourth-order valence-electron chi connectivity index (χ4n) is 2.78. The van der Waals surface area contributed by atoms with E-state index < -0.39 is 0 Å². The summed E-state index contributed by atoms with van der Waals surface area (Å²) in [4.78, 5) is 25.2. The Hall–Kier alpha value is -2.40. The number of hydrogen-bond acceptors (Lipinski definition) is 3. The van der Waals surface area contributed by atoms with Gasteiger partial charge in [0.05, 0.1) is 5.56 Å². The molecule has 1 heterocycles. The minimum absolute atomic E-state index is 0.0724. The van der Waals surface area contributed by atoms with E-state index in [1.807, 2.05) is 18.2 Å². The number of ether oxygens (including phenoxy) is 1. The molecule has 2 aromatic carbocycles. The molecule has 0 aromatic heterocycles. The Morgan fingerprint density at radius 2 is 2.00 bits per heavy atom. The molecule has 0 bridgehead atoms. The van der Waals surface area contributed by atoms with Crippen molar-refractivity contribution in [2.75, 3.05) is 19.7 Å². The van der Waals surface area contributed by atoms with E-state index in [-0.39, 0.29) is 12.5 Å². The van der Waals surface area contributed by atoms with Crippen LogP contribution in [0, 0.1) is 0 Å². The third-order valence-electron chi connectivity index (χ3n) is 4.16. The van der Waals surface area contributed by atoms with E-state index in [9.17, 15) is 9.59 Å². The van der Waals surface area contributed by atoms with Gasteiger partial charge >= 0.3 is 0 Å². The molecule has 0 N–H and O–H groups in total. The summed E-state index contributed by atoms with van der Waals surface area (Å²) in [6.07, 6.45) is 3.64. The van der Waals surface area contributed by atoms with E-state index in [0.717, 1.165) is 17.2 Å². The summed E-state index contributed by atoms with van der Waals surface area (Å²) in [5.74, 6) is 0.340. The van der Waals surface area contributed by atoms with Gasteiger partial charge in [-0.1, -0.05) is 52.3 Å². The highest BCUT2D eigenvalue weighted by Gasteiger charge is 2.18. The average molecular weight is 400 g/mol. The Balaban J connectivity index is 1.58. The highest BCUT2D eigenvalue weighted by atomic mass is 79.9. The number of halogens is 1. The van der Waals surface area contributed by atoms with Gasteiger partial charge in [-0.05, 0) is 35.8 Å². The quantitative estimate of drug-likeness (QED) is 0.714. The molecule has 0 spiro atoms. The van der Waals surface area contributed by atoms with Crippen LogP contribution in [0.2, 0.25) is 0 Å². The average Bonchev–Trinajstić information content (AvgIpc) is 2.67. The van der Waals surface area contributed by atoms with E-state index in [0.29, 0.717) is 24.4 Å². The number of nitrogens with zero attached hydrogens (tertiary/aromatic N) is 1. The summed E-state index contributed by atoms with van der Waals surface area (Å²) in [6.45, 7) is 1.17. The van der Waals surface area contributed by atoms with Gasteiger partial charge in [-0.15, -0.1) is 0 Å². The highest BCUT2D eigenvalue weighted by Crippen LogP contribution is 2.23. The molecule has 0 saturated heterocycles. The van der Waals surface area contributed by atoms with Gasteiger partial charge in [0.2, 0.25) is 0 Å². The van der Waals surface area contributed by atoms with Crippen molar-refractivity contribution < 1.29 is 14.3 Å². The third kappa shape index (κ3) is 4.37. The van der Waals surface area contributed by atoms with Crippen LogP contribution in [0.4, 0.5) is 0 Å². The Bertz CT molecular complexity index is 802. The first-order valence-corrected chi connectivity index (χ1v) is 8.86. The van der Waals surface area contributed by atoms with Crippen molar-refractivity contribution in [3.63, 3.8) is 0 Å². The second-order valence-corrected chi connectivity index (χ2v) is 6.69. The van der Waals surface area contributed by atoms with Crippen molar-refractivity contribution in [2.24, 2.45) is 0 Å². The first-order valence-electron chi connectivity index (χ1n) is 8.07. The zero-order valence-corrected chi connectivity index (χ0v) is 15.2. The molecule has 0 aliphatic carbocycles. The molecule has 1 aliphatic rings. The monoisotopic (exact) mass is 399 g/mol. The smallest absolute Gasteiger partial charge is 0.260 e. The number of carbonyl (C=O) groups is 2. The largest absolute Gasteiger partial charge is 0.483 e. The van der Waals surface area contributed by atoms with Crippen molar-refractivity contribution >= 4 is 33.7 Å². The van der Waals surface area contributed by atoms with Crippen molar-refractivity contribution in [3.05, 3.63) is 70.2 Å². The van der Waals surface area contributed by atoms with Crippen LogP contribution in [0.1, 0.15) is 22.3 Å². The van der Waals surface area contributed by atoms with Crippen LogP contribution in [-0.2, 0) is 4.79 Å². The second-order valence-electron chi connectivity index (χ2n) is 5.77. The summed E-state index contributed by atoms with van der Waals surface area (Å²) >= 11 is 3.31. The van der Waals surface area contributed by atoms with Crippen LogP contribution in [-0.4, -0.2) is 36.8 Å². The normalized spacial score (nSPS) is 14.0. The van der Waals surface area contributed by atoms with Crippen molar-refractivity contribution in [2.45, 2.75) is 6.42 Å². The lowest BCUT2D eigenvalue weighted by Gasteiger charge is -2.26. The molecule has 2 aromatic rings. The van der Waals surface area contributed by atoms with Gasteiger partial charge in [-0.25, -0.2) is 0 Å². The van der Waals surface area contributed by atoms with Crippen molar-refractivity contribution in [1.29, 1.82) is 0 Å². The first-order chi connectivity index (χ1) is 12.2. The van der Waals surface area contributed by atoms with E-state index in [2.05, 4.69) is 34.1 Å². The van der Waals surface area contributed by atoms with Crippen molar-refractivity contribution in [3.8, 4) is 5.75 Å². The van der Waals surface area contributed by atoms with E-state index in [4.69, 9.17) is 4.74 Å². The predicted octanol–water partition coefficient (Wildman–Crippen LogP) is 3.96. The van der Waals surface area contributed by atoms with Gasteiger partial charge in [0.25, 0.3) is 5.91 Å². The Morgan fingerprint density at radius 1 is 1.20 bits per heavy atom. The van der Waals surface area contributed by atoms with Crippen molar-refractivity contribution in [1.82, 2.24) is 4.90 Å². The van der Waals surface area contributed by atoms with Gasteiger partial charge in [-0.3, -0.25) is 9.59 Å². The summed E-state index contributed by atoms with van der Waals surface area (Å²) in [7, 11) is 0. The number of hydrogen-bond donors (Lipinski definition) is 0. The molecular formula is C20H18BrNO3. The van der Waals surface area contributed by atoms with Gasteiger partial charge in [0.1, 0.15) is 5.75 Å². The van der Waals surface area contributed by atoms with E-state index in [1.165, 1.54) is 11.1 Å². The number of aldehydes is 1. The molecule has 0 unspecified atom stereocenters. The zero-order chi connectivity index (χ0) is 17.6. The maximum atomic E-state index is 12.4. The van der Waals surface area contributed by atoms with Gasteiger partial charge in [-0.2, -0.15) is 0 Å². The molecule has 0 atom stereocenters. The maximum absolute atomic E-state index is 12.4. The van der Waals surface area contributed by atoms with Crippen LogP contribution >= 0.6 is 15.9 Å². The van der Waals surface area contributed by atoms with Gasteiger partial charge < -0.3 is 9.64 Å². The fraction of sp³-hybridized carbons (Fsp3) is 0.200. The van der Waals surface area contributed by atoms with Gasteiger partial charge in [0.15, 0.2) is 12.9 Å². The molecule has 128 valence electrons. The lowest BCUT2D eigenvalue weighted by atomic mass is 10.00. The fourth-order valence-corrected chi connectivity index (χ4v) is 3.16. The SMILES string of the molecule is O=Cc1cc(Br)ccc1OCC(=O)N1CC=C(c2ccccc2)CC1. The molecule has 1 aliphatic heterocycles. The van der Waals surface area contributed by atoms with Crippen LogP contribution in [0.15, 0.2) is 59.1 Å². The molecular weight excluding hydrogens is 382 g/mol. The molecule has 0 saturated carbocycles. The molecule has 4 nitrogen and oxygen atoms in total. The van der Waals surface area contributed by atoms with E-state index >= 15 is 0 Å².